The maximum Gasteiger partial charge on any atom is 0.435 e. The molecule has 0 spiro atoms. The number of nitrogens with zero attached hydrogens (tertiary/aromatic N) is 5. The van der Waals surface area contributed by atoms with Crippen LogP contribution in [0, 0.1) is 18.0 Å². The van der Waals surface area contributed by atoms with Crippen molar-refractivity contribution in [3.8, 4) is 16.9 Å². The lowest BCUT2D eigenvalue weighted by atomic mass is 9.97. The van der Waals surface area contributed by atoms with Gasteiger partial charge in [-0.3, -0.25) is 9.63 Å². The highest BCUT2D eigenvalue weighted by molar-refractivity contribution is 7.90. The summed E-state index contributed by atoms with van der Waals surface area (Å²) >= 11 is 0. The van der Waals surface area contributed by atoms with Crippen molar-refractivity contribution in [3.63, 3.8) is 0 Å². The van der Waals surface area contributed by atoms with Crippen LogP contribution in [0.1, 0.15) is 41.4 Å². The molecule has 2 heterocycles. The Bertz CT molecular complexity index is 1930. The predicted molar refractivity (Wildman–Crippen MR) is 167 cm³/mol. The van der Waals surface area contributed by atoms with Crippen LogP contribution < -0.4 is 4.72 Å². The van der Waals surface area contributed by atoms with E-state index in [1.807, 2.05) is 11.6 Å². The van der Waals surface area contributed by atoms with E-state index in [2.05, 4.69) is 10.4 Å². The zero-order valence-electron chi connectivity index (χ0n) is 26.2. The highest BCUT2D eigenvalue weighted by Crippen LogP contribution is 2.33. The summed E-state index contributed by atoms with van der Waals surface area (Å²) in [4.78, 5) is 29.8. The molecule has 0 saturated carbocycles. The van der Waals surface area contributed by atoms with Crippen molar-refractivity contribution in [1.29, 1.82) is 0 Å². The van der Waals surface area contributed by atoms with Crippen molar-refractivity contribution in [2.45, 2.75) is 44.1 Å². The first-order chi connectivity index (χ1) is 23.2. The third-order valence-electron chi connectivity index (χ3n) is 7.61. The summed E-state index contributed by atoms with van der Waals surface area (Å²) < 4.78 is 74.9. The number of nitrogens with one attached hydrogen (secondary N) is 1. The minimum Gasteiger partial charge on any atom is -0.569 e. The van der Waals surface area contributed by atoms with Gasteiger partial charge in [0.1, 0.15) is 0 Å². The lowest BCUT2D eigenvalue weighted by molar-refractivity contribution is -0.715. The minimum absolute atomic E-state index is 0.0501. The fourth-order valence-electron chi connectivity index (χ4n) is 4.96. The SMILES string of the molecule is Cc1ccc(-c2cc(C(F)(F)F)nn2-c2ccc(S(=O)(=O)NC(=O)C3CCN(/[N+]([O-])=N\OC(C)OC(=O)c4ccccc4)CC3)cc2)cc1. The monoisotopic (exact) mass is 700 g/mol. The number of sulfonamides is 1. The zero-order valence-corrected chi connectivity index (χ0v) is 27.0. The molecule has 1 fully saturated rings. The fraction of sp³-hybridized carbons (Fsp3) is 0.281. The Morgan fingerprint density at radius 1 is 1.02 bits per heavy atom. The lowest BCUT2D eigenvalue weighted by Gasteiger charge is -2.27. The number of esters is 1. The van der Waals surface area contributed by atoms with Crippen molar-refractivity contribution in [2.24, 2.45) is 11.2 Å². The maximum atomic E-state index is 13.5. The standard InChI is InChI=1S/C32H31F3N6O7S/c1-21-8-10-23(11-9-21)28-20-29(32(33,34)35)36-40(28)26-12-14-27(15-13-26)49(45,46)37-30(42)24-16-18-39(19-17-24)41(44)38-48-22(2)47-31(43)25-6-4-3-5-7-25/h3-15,20,22,24H,16-19H2,1-2H3,(H,37,42)/b41-38+. The van der Waals surface area contributed by atoms with Gasteiger partial charge in [-0.05, 0) is 62.2 Å². The molecule has 3 aromatic carbocycles. The molecule has 0 aliphatic carbocycles. The van der Waals surface area contributed by atoms with Gasteiger partial charge in [0.25, 0.3) is 16.3 Å². The van der Waals surface area contributed by atoms with Crippen LogP contribution in [0.5, 0.6) is 0 Å². The van der Waals surface area contributed by atoms with Crippen LogP contribution in [-0.4, -0.2) is 59.4 Å². The number of aromatic nitrogens is 2. The predicted octanol–water partition coefficient (Wildman–Crippen LogP) is 5.40. The number of hydrogen-bond acceptors (Lipinski definition) is 9. The summed E-state index contributed by atoms with van der Waals surface area (Å²) in [5.41, 5.74) is 0.891. The van der Waals surface area contributed by atoms with E-state index in [0.29, 0.717) is 11.1 Å². The van der Waals surface area contributed by atoms with Gasteiger partial charge in [0.15, 0.2) is 5.69 Å². The molecule has 1 amide bonds. The zero-order chi connectivity index (χ0) is 35.3. The molecule has 1 unspecified atom stereocenters. The van der Waals surface area contributed by atoms with E-state index in [9.17, 15) is 36.4 Å². The first kappa shape index (κ1) is 34.9. The van der Waals surface area contributed by atoms with Crippen molar-refractivity contribution in [1.82, 2.24) is 19.5 Å². The summed E-state index contributed by atoms with van der Waals surface area (Å²) in [6.45, 7) is 3.32. The second kappa shape index (κ2) is 14.3. The first-order valence-electron chi connectivity index (χ1n) is 15.0. The summed E-state index contributed by atoms with van der Waals surface area (Å²) in [5.74, 6) is -2.19. The molecule has 4 aromatic rings. The topological polar surface area (TPSA) is 158 Å². The molecule has 1 aliphatic heterocycles. The number of amides is 1. The summed E-state index contributed by atoms with van der Waals surface area (Å²) in [5, 5.41) is 20.7. The number of carbonyl (C=O) groups is 2. The Hall–Kier alpha value is -5.45. The number of halogens is 3. The third-order valence-corrected chi connectivity index (χ3v) is 8.97. The second-order valence-electron chi connectivity index (χ2n) is 11.2. The van der Waals surface area contributed by atoms with Crippen LogP contribution in [0.25, 0.3) is 16.9 Å². The molecular formula is C32H31F3N6O7S. The number of ether oxygens (including phenoxy) is 1. The van der Waals surface area contributed by atoms with Gasteiger partial charge in [0.2, 0.25) is 11.2 Å². The Morgan fingerprint density at radius 3 is 2.27 bits per heavy atom. The van der Waals surface area contributed by atoms with Gasteiger partial charge in [-0.15, -0.1) is 5.01 Å². The fourth-order valence-corrected chi connectivity index (χ4v) is 6.00. The van der Waals surface area contributed by atoms with E-state index in [0.717, 1.165) is 28.4 Å². The minimum atomic E-state index is -4.71. The molecule has 17 heteroatoms. The number of piperidine rings is 1. The maximum absolute atomic E-state index is 13.5. The number of carbonyl (C=O) groups excluding carboxylic acids is 2. The van der Waals surface area contributed by atoms with E-state index in [-0.39, 0.29) is 47.2 Å². The molecule has 1 N–H and O–H groups in total. The van der Waals surface area contributed by atoms with E-state index in [4.69, 9.17) is 9.57 Å². The normalized spacial score (nSPS) is 15.0. The van der Waals surface area contributed by atoms with Crippen LogP contribution >= 0.6 is 0 Å². The van der Waals surface area contributed by atoms with Crippen molar-refractivity contribution in [2.75, 3.05) is 13.1 Å². The molecule has 0 radical (unpaired) electrons. The van der Waals surface area contributed by atoms with Crippen LogP contribution in [0.3, 0.4) is 0 Å². The van der Waals surface area contributed by atoms with Crippen LogP contribution in [-0.2, 0) is 30.6 Å². The first-order valence-corrected chi connectivity index (χ1v) is 16.5. The van der Waals surface area contributed by atoms with Gasteiger partial charge in [0.05, 0.1) is 39.9 Å². The van der Waals surface area contributed by atoms with Gasteiger partial charge in [-0.25, -0.2) is 22.6 Å². The van der Waals surface area contributed by atoms with E-state index in [1.54, 1.807) is 54.6 Å². The quantitative estimate of drug-likeness (QED) is 0.0752. The van der Waals surface area contributed by atoms with Gasteiger partial charge < -0.3 is 9.94 Å². The molecule has 1 atom stereocenters. The molecule has 1 saturated heterocycles. The molecule has 49 heavy (non-hydrogen) atoms. The average molecular weight is 701 g/mol. The third kappa shape index (κ3) is 8.53. The molecular weight excluding hydrogens is 669 g/mol. The Labute approximate surface area is 279 Å². The molecule has 258 valence electrons. The Kier molecular flexibility index (Phi) is 10.2. The number of benzene rings is 3. The largest absolute Gasteiger partial charge is 0.569 e. The van der Waals surface area contributed by atoms with Crippen molar-refractivity contribution >= 4 is 21.9 Å². The van der Waals surface area contributed by atoms with Gasteiger partial charge in [0, 0.05) is 18.4 Å². The highest BCUT2D eigenvalue weighted by atomic mass is 32.2. The second-order valence-corrected chi connectivity index (χ2v) is 12.8. The van der Waals surface area contributed by atoms with Crippen LogP contribution in [0.15, 0.2) is 95.1 Å². The lowest BCUT2D eigenvalue weighted by Crippen LogP contribution is -2.44. The Morgan fingerprint density at radius 2 is 1.65 bits per heavy atom. The van der Waals surface area contributed by atoms with E-state index >= 15 is 0 Å². The van der Waals surface area contributed by atoms with E-state index in [1.165, 1.54) is 24.1 Å². The van der Waals surface area contributed by atoms with Crippen LogP contribution in [0.4, 0.5) is 13.2 Å². The summed E-state index contributed by atoms with van der Waals surface area (Å²) in [6.07, 6.45) is -5.63. The van der Waals surface area contributed by atoms with E-state index < -0.39 is 46.0 Å². The van der Waals surface area contributed by atoms with Gasteiger partial charge in [-0.1, -0.05) is 48.0 Å². The summed E-state index contributed by atoms with van der Waals surface area (Å²) in [6, 6.07) is 20.8. The van der Waals surface area contributed by atoms with Gasteiger partial charge >= 0.3 is 12.1 Å². The van der Waals surface area contributed by atoms with Crippen LogP contribution in [0.2, 0.25) is 0 Å². The molecule has 0 bridgehead atoms. The van der Waals surface area contributed by atoms with Crippen molar-refractivity contribution < 1.29 is 45.7 Å². The highest BCUT2D eigenvalue weighted by Gasteiger charge is 2.36. The number of rotatable bonds is 10. The summed E-state index contributed by atoms with van der Waals surface area (Å²) in [7, 11) is -4.35. The van der Waals surface area contributed by atoms with Gasteiger partial charge in [-0.2, -0.15) is 18.3 Å². The molecule has 5 rings (SSSR count). The number of aryl methyl sites for hydroxylation is 1. The smallest absolute Gasteiger partial charge is 0.435 e. The average Bonchev–Trinajstić information content (AvgIpc) is 3.54. The molecule has 1 aromatic heterocycles. The molecule has 13 nitrogen and oxygen atoms in total. The number of hydrazine groups is 1. The van der Waals surface area contributed by atoms with Crippen molar-refractivity contribution in [3.05, 3.63) is 107 Å². The number of alkyl halides is 3. The Balaban J connectivity index is 1.18. The molecule has 1 aliphatic rings. The number of hydrogen-bond donors (Lipinski definition) is 1.